The summed E-state index contributed by atoms with van der Waals surface area (Å²) in [5.74, 6) is 1.65. The molecule has 0 aromatic carbocycles. The molecule has 0 radical (unpaired) electrons. The first kappa shape index (κ1) is 74.0. The van der Waals surface area contributed by atoms with E-state index in [0.29, 0.717) is 104 Å². The van der Waals surface area contributed by atoms with E-state index in [2.05, 4.69) is 82.8 Å². The Morgan fingerprint density at radius 2 is 0.990 bits per heavy atom. The molecule has 6 aromatic rings. The standard InChI is InChI=1S/C16H21N6O5PS.C14H17N4O5PS.C14H17N4O4PS.C13H18N3O4PS/c1-4-5-24-28(29)25-7-11-10(27-28)6-12(26-11)22-9-17-13-14(22)19-16(20-15(13)23)18-8-21(2)3;1-3-4-20-24(25)21-6-10-9(23-24)5-11(22-10)18-7-15-12-13(18)16-8(2)17-14(12)19;1-2-5-19-23(24)20-7-11-10(22-23)6-12(21-11)18-8-17-13-9(15)3-4-16-14(13)18;1-3-6-17-21(22)18-8-11-10(20-21)7-13(19-11)16-5-4-12(14)15-9(16)2/h4,8-12H,1,5-7H2,2-3H3,(H,19,20,23);3,7,9-11H,1,4-6H2,2H3,(H,16,17,19);2-4,8,10-12H,1,5-7H2,(H2,15,16);3-5,10-11,13H,1-2,6-8H2,(H2,14,15)/t10?,11-,12-,28?;9?,10-,11-,24?;10?,11-,12-,23?;10?,11-,13-,21?/m1111/s1. The number of ether oxygens (including phenoxy) is 4. The summed E-state index contributed by atoms with van der Waals surface area (Å²) >= 11 is 21.4. The van der Waals surface area contributed by atoms with E-state index in [-0.39, 0.29) is 115 Å². The zero-order valence-corrected chi connectivity index (χ0v) is 61.0. The number of aryl methyl sites for hydroxylation is 1. The Hall–Kier alpha value is -5.74. The zero-order valence-electron chi connectivity index (χ0n) is 54.1. The van der Waals surface area contributed by atoms with Crippen LogP contribution in [0.4, 0.5) is 11.6 Å². The van der Waals surface area contributed by atoms with Gasteiger partial charge in [0.2, 0.25) is 5.95 Å². The Labute approximate surface area is 592 Å². The summed E-state index contributed by atoms with van der Waals surface area (Å²) < 4.78 is 97.2. The van der Waals surface area contributed by atoms with Gasteiger partial charge in [0, 0.05) is 52.2 Å². The molecule has 9 aliphatic heterocycles. The smallest absolute Gasteiger partial charge is 0.327 e. The van der Waals surface area contributed by atoms with Gasteiger partial charge in [-0.3, -0.25) is 28.3 Å². The number of aromatic nitrogens is 11. The number of aliphatic imine (C=N–C) groups is 2. The number of imidazole rings is 3. The van der Waals surface area contributed by atoms with Crippen LogP contribution in [-0.2, 0) is 120 Å². The molecule has 8 unspecified atom stereocenters. The van der Waals surface area contributed by atoms with Crippen molar-refractivity contribution in [2.45, 2.75) is 106 Å². The maximum Gasteiger partial charge on any atom is 0.327 e. The third-order valence-corrected chi connectivity index (χ3v) is 25.2. The average molecular weight is 1540 g/mol. The van der Waals surface area contributed by atoms with E-state index in [1.54, 1.807) is 88.8 Å². The molecule has 8 saturated heterocycles. The number of aromatic amines is 2. The largest absolute Gasteiger partial charge is 0.397 e. The van der Waals surface area contributed by atoms with Gasteiger partial charge in [0.15, 0.2) is 28.0 Å². The van der Waals surface area contributed by atoms with Crippen molar-refractivity contribution in [3.8, 4) is 0 Å². The highest BCUT2D eigenvalue weighted by molar-refractivity contribution is 8.08. The minimum atomic E-state index is -2.82. The van der Waals surface area contributed by atoms with Crippen molar-refractivity contribution in [1.29, 1.82) is 0 Å². The fraction of sp³-hybridized carbons (Fsp3) is 0.474. The van der Waals surface area contributed by atoms with Crippen LogP contribution in [-0.4, -0.2) is 198 Å². The maximum atomic E-state index is 12.3. The van der Waals surface area contributed by atoms with Gasteiger partial charge in [-0.1, -0.05) is 30.9 Å². The van der Waals surface area contributed by atoms with E-state index in [1.165, 1.54) is 6.33 Å². The molecular formula is C57H73N17O18P4S4. The molecule has 0 amide bonds. The summed E-state index contributed by atoms with van der Waals surface area (Å²) in [6.45, 7) is 11.4. The molecule has 43 heteroatoms. The first-order valence-corrected chi connectivity index (χ1v) is 41.2. The molecule has 0 bridgehead atoms. The Bertz CT molecular complexity index is 4500. The number of amidine groups is 1. The first-order valence-electron chi connectivity index (χ1n) is 31.0. The van der Waals surface area contributed by atoms with Gasteiger partial charge in [-0.05, 0) is 66.3 Å². The number of pyridine rings is 1. The summed E-state index contributed by atoms with van der Waals surface area (Å²) in [7, 11) is 3.64. The predicted octanol–water partition coefficient (Wildman–Crippen LogP) is 6.77. The van der Waals surface area contributed by atoms with Crippen LogP contribution < -0.4 is 22.6 Å². The van der Waals surface area contributed by atoms with Crippen molar-refractivity contribution in [2.75, 3.05) is 72.7 Å². The molecule has 100 heavy (non-hydrogen) atoms. The predicted molar refractivity (Wildman–Crippen MR) is 380 cm³/mol. The molecule has 15 rings (SSSR count). The molecule has 15 heterocycles. The molecule has 0 saturated carbocycles. The molecule has 8 fully saturated rings. The van der Waals surface area contributed by atoms with E-state index in [4.69, 9.17) is 132 Å². The number of anilines is 1. The molecule has 0 aliphatic carbocycles. The van der Waals surface area contributed by atoms with Crippen molar-refractivity contribution in [2.24, 2.45) is 15.7 Å². The lowest BCUT2D eigenvalue weighted by Crippen LogP contribution is -2.34. The lowest BCUT2D eigenvalue weighted by molar-refractivity contribution is -0.0698. The zero-order chi connectivity index (χ0) is 70.7. The van der Waals surface area contributed by atoms with Gasteiger partial charge in [-0.2, -0.15) is 4.98 Å². The van der Waals surface area contributed by atoms with Crippen molar-refractivity contribution in [3.05, 3.63) is 133 Å². The maximum absolute atomic E-state index is 12.3. The number of rotatable bonds is 18. The highest BCUT2D eigenvalue weighted by Crippen LogP contribution is 2.60. The van der Waals surface area contributed by atoms with Crippen molar-refractivity contribution < 1.29 is 73.2 Å². The highest BCUT2D eigenvalue weighted by atomic mass is 32.5. The number of fused-ring (bicyclic) bond motifs is 7. The van der Waals surface area contributed by atoms with Gasteiger partial charge in [-0.25, -0.2) is 34.9 Å². The van der Waals surface area contributed by atoms with Gasteiger partial charge in [0.25, 0.3) is 11.1 Å². The number of nitrogens with one attached hydrogen (secondary N) is 2. The average Bonchev–Trinajstić information content (AvgIpc) is 1.61. The first-order chi connectivity index (χ1) is 48.0. The second-order valence-electron chi connectivity index (χ2n) is 23.1. The van der Waals surface area contributed by atoms with Crippen LogP contribution in [0.1, 0.15) is 50.2 Å². The van der Waals surface area contributed by atoms with E-state index >= 15 is 0 Å². The number of H-pyrrole nitrogens is 2. The van der Waals surface area contributed by atoms with E-state index < -0.39 is 33.1 Å². The highest BCUT2D eigenvalue weighted by Gasteiger charge is 2.50. The van der Waals surface area contributed by atoms with Crippen molar-refractivity contribution in [3.63, 3.8) is 0 Å². The van der Waals surface area contributed by atoms with Gasteiger partial charge in [0.05, 0.1) is 108 Å². The van der Waals surface area contributed by atoms with Crippen LogP contribution in [0, 0.1) is 6.92 Å². The molecule has 6 aromatic heterocycles. The second kappa shape index (κ2) is 31.7. The second-order valence-corrected chi connectivity index (χ2v) is 35.0. The van der Waals surface area contributed by atoms with Crippen molar-refractivity contribution >= 4 is 131 Å². The summed E-state index contributed by atoms with van der Waals surface area (Å²) in [5, 5.41) is 0. The summed E-state index contributed by atoms with van der Waals surface area (Å²) in [4.78, 5) is 67.2. The van der Waals surface area contributed by atoms with E-state index in [0.717, 1.165) is 0 Å². The molecule has 6 N–H and O–H groups in total. The van der Waals surface area contributed by atoms with Gasteiger partial charge >= 0.3 is 26.9 Å². The van der Waals surface area contributed by atoms with E-state index in [9.17, 15) is 9.59 Å². The lowest BCUT2D eigenvalue weighted by atomic mass is 10.2. The molecular weight excluding hydrogens is 1460 g/mol. The van der Waals surface area contributed by atoms with Crippen LogP contribution in [0.15, 0.2) is 126 Å². The third-order valence-electron chi connectivity index (χ3n) is 15.8. The quantitative estimate of drug-likeness (QED) is 0.0298. The minimum absolute atomic E-state index is 0.168. The number of hydrogen-bond donors (Lipinski definition) is 4. The Morgan fingerprint density at radius 1 is 0.590 bits per heavy atom. The van der Waals surface area contributed by atoms with Gasteiger partial charge in [0.1, 0.15) is 72.3 Å². The molecule has 538 valence electrons. The monoisotopic (exact) mass is 1540 g/mol. The summed E-state index contributed by atoms with van der Waals surface area (Å²) in [6.07, 6.45) is 17.1. The van der Waals surface area contributed by atoms with E-state index in [1.807, 2.05) is 23.6 Å². The molecule has 35 nitrogen and oxygen atoms in total. The number of nitrogens with zero attached hydrogens (tertiary/aromatic N) is 13. The number of nitrogens with two attached hydrogens (primary N) is 2. The Balaban J connectivity index is 0.000000127. The Morgan fingerprint density at radius 3 is 1.42 bits per heavy atom. The Kier molecular flexibility index (Phi) is 23.5. The van der Waals surface area contributed by atoms with Gasteiger partial charge in [-0.15, -0.1) is 26.3 Å². The minimum Gasteiger partial charge on any atom is -0.397 e. The SMILES string of the molecule is C=CCOP1(=S)OC[C@H]2O[C@@H](N3C=CC(N)=NC3=C)CC2O1.C=CCOP1(=S)OC[C@H]2O[C@@H](n3cnc4c(=O)[nH]c(C)nc43)CC2O1.C=CCOP1(=S)OC[C@H]2O[C@@H](n3cnc4c(=O)[nH]c(N=CN(C)C)nc43)CC2O1.C=CCOP1(=S)OC[C@H]2O[C@@H](n3cnc4c(N)ccnc43)CC2O1. The lowest BCUT2D eigenvalue weighted by Gasteiger charge is -2.32. The van der Waals surface area contributed by atoms with Gasteiger partial charge < -0.3 is 99.5 Å². The van der Waals surface area contributed by atoms with Crippen molar-refractivity contribution in [1.82, 2.24) is 63.4 Å². The topological polar surface area (TPSA) is 389 Å². The summed E-state index contributed by atoms with van der Waals surface area (Å²) in [5.41, 5.74) is 14.2. The van der Waals surface area contributed by atoms with Crippen LogP contribution in [0.25, 0.3) is 33.5 Å². The molecule has 16 atom stereocenters. The normalized spacial score (nSPS) is 32.7. The number of nitrogen functional groups attached to an aromatic ring is 1. The third kappa shape index (κ3) is 16.9. The number of hydrogen-bond acceptors (Lipinski definition) is 33. The van der Waals surface area contributed by atoms with Crippen LogP contribution in [0.5, 0.6) is 0 Å². The van der Waals surface area contributed by atoms with Crippen LogP contribution in [0.2, 0.25) is 0 Å². The fourth-order valence-corrected chi connectivity index (χ4v) is 19.6. The molecule has 0 spiro atoms. The molecule has 9 aliphatic rings. The fourth-order valence-electron chi connectivity index (χ4n) is 11.3. The van der Waals surface area contributed by atoms with Crippen LogP contribution >= 0.6 is 26.9 Å². The van der Waals surface area contributed by atoms with Crippen LogP contribution in [0.3, 0.4) is 0 Å². The summed E-state index contributed by atoms with van der Waals surface area (Å²) in [6, 6.07) is 1.72.